The summed E-state index contributed by atoms with van der Waals surface area (Å²) in [6.07, 6.45) is 2.92. The van der Waals surface area contributed by atoms with E-state index in [1.54, 1.807) is 25.2 Å². The number of fused-ring (bicyclic) bond motifs is 1. The number of nitrogens with one attached hydrogen (secondary N) is 3. The van der Waals surface area contributed by atoms with Crippen LogP contribution in [0.3, 0.4) is 0 Å². The summed E-state index contributed by atoms with van der Waals surface area (Å²) in [5, 5.41) is 6.69. The minimum atomic E-state index is -0.413. The van der Waals surface area contributed by atoms with Gasteiger partial charge in [0.1, 0.15) is 5.75 Å². The van der Waals surface area contributed by atoms with E-state index in [0.717, 1.165) is 63.3 Å². The molecule has 0 saturated carbocycles. The molecule has 9 heteroatoms. The Morgan fingerprint density at radius 2 is 1.95 bits per heavy atom. The second-order valence-corrected chi connectivity index (χ2v) is 12.3. The molecule has 1 amide bonds. The van der Waals surface area contributed by atoms with E-state index in [1.165, 1.54) is 0 Å². The molecular formula is C31H37N5O3S. The number of thioether (sulfide) groups is 1. The SMILES string of the molecule is COc1ccc(C2C3=C(CC(C)(C)CC3=O)Nc3ccccc3N2CC(=O)NCCSCc2nc[nH]c2C)cc1. The van der Waals surface area contributed by atoms with E-state index in [4.69, 9.17) is 4.74 Å². The summed E-state index contributed by atoms with van der Waals surface area (Å²) < 4.78 is 5.40. The van der Waals surface area contributed by atoms with Crippen LogP contribution in [0.25, 0.3) is 0 Å². The Hall–Kier alpha value is -3.72. The second kappa shape index (κ2) is 11.8. The number of nitrogens with zero attached hydrogens (tertiary/aromatic N) is 2. The van der Waals surface area contributed by atoms with Crippen molar-refractivity contribution in [2.45, 2.75) is 45.4 Å². The van der Waals surface area contributed by atoms with Crippen LogP contribution < -0.4 is 20.3 Å². The number of carbonyl (C=O) groups excluding carboxylic acids is 2. The Morgan fingerprint density at radius 3 is 2.67 bits per heavy atom. The van der Waals surface area contributed by atoms with Crippen LogP contribution in [0, 0.1) is 12.3 Å². The number of rotatable bonds is 9. The van der Waals surface area contributed by atoms with Gasteiger partial charge in [0.05, 0.1) is 43.1 Å². The lowest BCUT2D eigenvalue weighted by atomic mass is 9.73. The van der Waals surface area contributed by atoms with Crippen LogP contribution in [-0.4, -0.2) is 47.6 Å². The largest absolute Gasteiger partial charge is 0.497 e. The Bertz CT molecular complexity index is 1410. The van der Waals surface area contributed by atoms with Crippen molar-refractivity contribution in [1.82, 2.24) is 15.3 Å². The number of imidazole rings is 1. The summed E-state index contributed by atoms with van der Waals surface area (Å²) in [6, 6.07) is 15.4. The number of aromatic amines is 1. The van der Waals surface area contributed by atoms with Crippen LogP contribution in [-0.2, 0) is 15.3 Å². The Labute approximate surface area is 240 Å². The number of hydrogen-bond donors (Lipinski definition) is 3. The molecule has 2 aliphatic rings. The number of amides is 1. The number of methoxy groups -OCH3 is 1. The molecule has 40 heavy (non-hydrogen) atoms. The number of ketones is 1. The van der Waals surface area contributed by atoms with E-state index >= 15 is 0 Å². The predicted octanol–water partition coefficient (Wildman–Crippen LogP) is 5.39. The maximum Gasteiger partial charge on any atom is 0.239 e. The lowest BCUT2D eigenvalue weighted by Gasteiger charge is -2.38. The molecule has 210 valence electrons. The zero-order valence-corrected chi connectivity index (χ0v) is 24.4. The lowest BCUT2D eigenvalue weighted by molar-refractivity contribution is -0.120. The highest BCUT2D eigenvalue weighted by Crippen LogP contribution is 2.48. The molecule has 1 aromatic heterocycles. The fourth-order valence-electron chi connectivity index (χ4n) is 5.53. The smallest absolute Gasteiger partial charge is 0.239 e. The van der Waals surface area contributed by atoms with Gasteiger partial charge < -0.3 is 25.3 Å². The predicted molar refractivity (Wildman–Crippen MR) is 161 cm³/mol. The van der Waals surface area contributed by atoms with Gasteiger partial charge in [-0.25, -0.2) is 4.98 Å². The van der Waals surface area contributed by atoms with Crippen LogP contribution in [0.1, 0.15) is 49.7 Å². The average molecular weight is 560 g/mol. The van der Waals surface area contributed by atoms with Crippen molar-refractivity contribution in [2.75, 3.05) is 36.2 Å². The van der Waals surface area contributed by atoms with Crippen LogP contribution in [0.15, 0.2) is 66.1 Å². The maximum atomic E-state index is 13.8. The van der Waals surface area contributed by atoms with Crippen molar-refractivity contribution in [3.63, 3.8) is 0 Å². The first-order chi connectivity index (χ1) is 19.3. The van der Waals surface area contributed by atoms with E-state index in [-0.39, 0.29) is 23.7 Å². The number of para-hydroxylation sites is 2. The molecule has 5 rings (SSSR count). The van der Waals surface area contributed by atoms with Gasteiger partial charge in [0, 0.05) is 41.4 Å². The average Bonchev–Trinajstić information content (AvgIpc) is 3.28. The fourth-order valence-corrected chi connectivity index (χ4v) is 6.41. The third-order valence-electron chi connectivity index (χ3n) is 7.49. The molecule has 2 heterocycles. The van der Waals surface area contributed by atoms with Crippen LogP contribution in [0.2, 0.25) is 0 Å². The molecule has 0 saturated heterocycles. The molecule has 0 spiro atoms. The number of aromatic nitrogens is 2. The van der Waals surface area contributed by atoms with Crippen molar-refractivity contribution in [3.8, 4) is 5.75 Å². The summed E-state index contributed by atoms with van der Waals surface area (Å²) in [7, 11) is 1.64. The van der Waals surface area contributed by atoms with Gasteiger partial charge in [0.15, 0.2) is 5.78 Å². The van der Waals surface area contributed by atoms with Gasteiger partial charge >= 0.3 is 0 Å². The highest BCUT2D eigenvalue weighted by molar-refractivity contribution is 7.98. The van der Waals surface area contributed by atoms with Gasteiger partial charge in [-0.2, -0.15) is 11.8 Å². The fraction of sp³-hybridized carbons (Fsp3) is 0.387. The van der Waals surface area contributed by atoms with E-state index in [2.05, 4.69) is 39.3 Å². The molecule has 0 bridgehead atoms. The molecule has 2 aromatic carbocycles. The molecule has 1 aliphatic heterocycles. The third-order valence-corrected chi connectivity index (χ3v) is 8.46. The van der Waals surface area contributed by atoms with E-state index in [9.17, 15) is 9.59 Å². The molecule has 0 fully saturated rings. The van der Waals surface area contributed by atoms with E-state index in [0.29, 0.717) is 13.0 Å². The molecule has 3 aromatic rings. The lowest BCUT2D eigenvalue weighted by Crippen LogP contribution is -2.42. The minimum Gasteiger partial charge on any atom is -0.497 e. The van der Waals surface area contributed by atoms with Gasteiger partial charge in [0.2, 0.25) is 5.91 Å². The maximum absolute atomic E-state index is 13.8. The monoisotopic (exact) mass is 559 g/mol. The number of H-pyrrole nitrogens is 1. The van der Waals surface area contributed by atoms with Crippen molar-refractivity contribution in [3.05, 3.63) is 83.1 Å². The van der Waals surface area contributed by atoms with Gasteiger partial charge in [0.25, 0.3) is 0 Å². The van der Waals surface area contributed by atoms with Crippen LogP contribution in [0.5, 0.6) is 5.75 Å². The minimum absolute atomic E-state index is 0.0856. The molecule has 1 unspecified atom stereocenters. The summed E-state index contributed by atoms with van der Waals surface area (Å²) in [5.41, 5.74) is 6.36. The topological polar surface area (TPSA) is 99.3 Å². The molecule has 1 atom stereocenters. The Kier molecular flexibility index (Phi) is 8.21. The summed E-state index contributed by atoms with van der Waals surface area (Å²) in [6.45, 7) is 6.94. The highest BCUT2D eigenvalue weighted by Gasteiger charge is 2.41. The number of aryl methyl sites for hydroxylation is 1. The second-order valence-electron chi connectivity index (χ2n) is 11.2. The number of allylic oxidation sites excluding steroid dienone is 1. The van der Waals surface area contributed by atoms with Crippen LogP contribution in [0.4, 0.5) is 11.4 Å². The van der Waals surface area contributed by atoms with Crippen molar-refractivity contribution in [1.29, 1.82) is 0 Å². The van der Waals surface area contributed by atoms with Gasteiger partial charge in [-0.3, -0.25) is 9.59 Å². The van der Waals surface area contributed by atoms with Gasteiger partial charge in [-0.15, -0.1) is 0 Å². The number of carbonyl (C=O) groups is 2. The first-order valence-corrected chi connectivity index (χ1v) is 14.8. The van der Waals surface area contributed by atoms with E-state index in [1.807, 2.05) is 55.5 Å². The van der Waals surface area contributed by atoms with E-state index < -0.39 is 6.04 Å². The zero-order chi connectivity index (χ0) is 28.3. The number of Topliss-reactive ketones (excluding diaryl/α,β-unsaturated/α-hetero) is 1. The van der Waals surface area contributed by atoms with Crippen molar-refractivity contribution in [2.24, 2.45) is 5.41 Å². The molecule has 1 aliphatic carbocycles. The van der Waals surface area contributed by atoms with Gasteiger partial charge in [-0.05, 0) is 48.6 Å². The highest BCUT2D eigenvalue weighted by atomic mass is 32.2. The molecule has 0 radical (unpaired) electrons. The Balaban J connectivity index is 1.42. The number of hydrogen-bond acceptors (Lipinski definition) is 7. The van der Waals surface area contributed by atoms with Gasteiger partial charge in [-0.1, -0.05) is 38.1 Å². The zero-order valence-electron chi connectivity index (χ0n) is 23.5. The molecule has 8 nitrogen and oxygen atoms in total. The molecule has 3 N–H and O–H groups in total. The van der Waals surface area contributed by atoms with Crippen molar-refractivity contribution < 1.29 is 14.3 Å². The quantitative estimate of drug-likeness (QED) is 0.302. The third kappa shape index (κ3) is 6.04. The van der Waals surface area contributed by atoms with Crippen molar-refractivity contribution >= 4 is 34.8 Å². The number of anilines is 2. The summed E-state index contributed by atoms with van der Waals surface area (Å²) in [4.78, 5) is 36.7. The first-order valence-electron chi connectivity index (χ1n) is 13.6. The number of benzene rings is 2. The van der Waals surface area contributed by atoms with Crippen LogP contribution >= 0.6 is 11.8 Å². The normalized spacial score (nSPS) is 17.9. The summed E-state index contributed by atoms with van der Waals surface area (Å²) >= 11 is 1.74. The molecular weight excluding hydrogens is 522 g/mol. The number of ether oxygens (including phenoxy) is 1. The summed E-state index contributed by atoms with van der Waals surface area (Å²) in [5.74, 6) is 2.35. The first kappa shape index (κ1) is 27.8. The standard InChI is InChI=1S/C31H37N5O3S/c1-20-25(34-19-33-20)18-40-14-13-32-28(38)17-36-26-8-6-5-7-23(26)35-24-15-31(2,3)16-27(37)29(24)30(36)21-9-11-22(39-4)12-10-21/h5-12,19,30,35H,13-18H2,1-4H3,(H,32,38)(H,33,34). The Morgan fingerprint density at radius 1 is 1.18 bits per heavy atom.